The molecule has 1 aliphatic heterocycles. The number of carbonyl (C=O) groups is 2. The summed E-state index contributed by atoms with van der Waals surface area (Å²) in [6, 6.07) is 12.3. The van der Waals surface area contributed by atoms with Gasteiger partial charge in [-0.25, -0.2) is 0 Å². The highest BCUT2D eigenvalue weighted by Gasteiger charge is 2.33. The minimum Gasteiger partial charge on any atom is -0.343 e. The first-order valence-corrected chi connectivity index (χ1v) is 9.50. The van der Waals surface area contributed by atoms with E-state index < -0.39 is 22.9 Å². The largest absolute Gasteiger partial charge is 0.416 e. The van der Waals surface area contributed by atoms with Gasteiger partial charge in [0.25, 0.3) is 11.1 Å². The number of thioether (sulfide) groups is 1. The fraction of sp³-hybridized carbons (Fsp3) is 0.0952. The Balaban J connectivity index is 1.68. The predicted octanol–water partition coefficient (Wildman–Crippen LogP) is 4.90. The molecule has 0 unspecified atom stereocenters. The molecule has 150 valence electrons. The number of halogens is 3. The second-order valence-electron chi connectivity index (χ2n) is 6.60. The van der Waals surface area contributed by atoms with Crippen LogP contribution in [0.1, 0.15) is 22.3 Å². The van der Waals surface area contributed by atoms with Gasteiger partial charge in [0.05, 0.1) is 22.1 Å². The zero-order chi connectivity index (χ0) is 21.5. The Morgan fingerprint density at radius 1 is 1.13 bits per heavy atom. The number of carbonyl (C=O) groups excluding carboxylic acids is 2. The summed E-state index contributed by atoms with van der Waals surface area (Å²) in [5, 5.41) is 11.4. The smallest absolute Gasteiger partial charge is 0.343 e. The molecule has 1 saturated heterocycles. The van der Waals surface area contributed by atoms with E-state index in [0.29, 0.717) is 11.1 Å². The first-order chi connectivity index (χ1) is 14.2. The molecule has 0 radical (unpaired) electrons. The van der Waals surface area contributed by atoms with Crippen molar-refractivity contribution in [3.8, 4) is 6.07 Å². The second kappa shape index (κ2) is 7.39. The van der Waals surface area contributed by atoms with Crippen LogP contribution in [0.5, 0.6) is 0 Å². The fourth-order valence-electron chi connectivity index (χ4n) is 3.25. The van der Waals surface area contributed by atoms with E-state index >= 15 is 0 Å². The van der Waals surface area contributed by atoms with E-state index in [9.17, 15) is 22.8 Å². The van der Waals surface area contributed by atoms with E-state index in [-0.39, 0.29) is 22.6 Å². The van der Waals surface area contributed by atoms with Gasteiger partial charge in [-0.15, -0.1) is 0 Å². The molecule has 0 aliphatic carbocycles. The Morgan fingerprint density at radius 2 is 1.93 bits per heavy atom. The van der Waals surface area contributed by atoms with Crippen molar-refractivity contribution in [2.24, 2.45) is 0 Å². The van der Waals surface area contributed by atoms with Crippen molar-refractivity contribution >= 4 is 39.9 Å². The highest BCUT2D eigenvalue weighted by atomic mass is 32.2. The third kappa shape index (κ3) is 3.82. The van der Waals surface area contributed by atoms with Gasteiger partial charge in [0.15, 0.2) is 0 Å². The van der Waals surface area contributed by atoms with Crippen LogP contribution in [0, 0.1) is 11.3 Å². The number of alkyl halides is 3. The third-order valence-corrected chi connectivity index (χ3v) is 5.43. The lowest BCUT2D eigenvalue weighted by Crippen LogP contribution is -2.17. The molecule has 0 atom stereocenters. The number of nitrogens with zero attached hydrogens (tertiary/aromatic N) is 2. The summed E-state index contributed by atoms with van der Waals surface area (Å²) in [7, 11) is 0. The summed E-state index contributed by atoms with van der Waals surface area (Å²) in [5.74, 6) is -0.455. The van der Waals surface area contributed by atoms with E-state index in [1.807, 2.05) is 0 Å². The second-order valence-corrected chi connectivity index (χ2v) is 7.61. The Labute approximate surface area is 172 Å². The predicted molar refractivity (Wildman–Crippen MR) is 106 cm³/mol. The number of hydrogen-bond donors (Lipinski definition) is 1. The average molecular weight is 427 g/mol. The summed E-state index contributed by atoms with van der Waals surface area (Å²) in [4.78, 5) is 23.2. The summed E-state index contributed by atoms with van der Waals surface area (Å²) in [5.41, 5.74) is 0.589. The number of aromatic nitrogens is 1. The number of nitrogens with one attached hydrogen (secondary N) is 1. The van der Waals surface area contributed by atoms with Crippen LogP contribution in [0.15, 0.2) is 53.6 Å². The molecule has 30 heavy (non-hydrogen) atoms. The lowest BCUT2D eigenvalue weighted by atomic mass is 10.0. The summed E-state index contributed by atoms with van der Waals surface area (Å²) in [6.07, 6.45) is -1.30. The number of fused-ring (bicyclic) bond motifs is 1. The molecule has 2 heterocycles. The molecule has 2 amide bonds. The molecular formula is C21H12F3N3O2S. The number of benzene rings is 2. The highest BCUT2D eigenvalue weighted by molar-refractivity contribution is 8.18. The van der Waals surface area contributed by atoms with Crippen molar-refractivity contribution in [1.29, 1.82) is 5.26 Å². The molecular weight excluding hydrogens is 415 g/mol. The number of amides is 2. The normalized spacial score (nSPS) is 15.6. The van der Waals surface area contributed by atoms with E-state index in [1.165, 1.54) is 12.1 Å². The fourth-order valence-corrected chi connectivity index (χ4v) is 3.93. The van der Waals surface area contributed by atoms with Gasteiger partial charge < -0.3 is 4.57 Å². The van der Waals surface area contributed by atoms with Crippen LogP contribution in [-0.4, -0.2) is 15.7 Å². The lowest BCUT2D eigenvalue weighted by molar-refractivity contribution is -0.138. The van der Waals surface area contributed by atoms with Crippen LogP contribution in [0.3, 0.4) is 0 Å². The lowest BCUT2D eigenvalue weighted by Gasteiger charge is -2.14. The van der Waals surface area contributed by atoms with Gasteiger partial charge in [-0.3, -0.25) is 14.9 Å². The van der Waals surface area contributed by atoms with Gasteiger partial charge in [0.2, 0.25) is 0 Å². The van der Waals surface area contributed by atoms with Crippen molar-refractivity contribution in [1.82, 2.24) is 9.88 Å². The van der Waals surface area contributed by atoms with E-state index in [0.717, 1.165) is 23.2 Å². The van der Waals surface area contributed by atoms with Crippen LogP contribution in [0.2, 0.25) is 0 Å². The van der Waals surface area contributed by atoms with Crippen LogP contribution in [0.25, 0.3) is 17.0 Å². The van der Waals surface area contributed by atoms with E-state index in [4.69, 9.17) is 5.26 Å². The first-order valence-electron chi connectivity index (χ1n) is 8.68. The number of nitriles is 1. The van der Waals surface area contributed by atoms with E-state index in [1.54, 1.807) is 47.2 Å². The first kappa shape index (κ1) is 19.8. The van der Waals surface area contributed by atoms with Gasteiger partial charge in [-0.2, -0.15) is 18.4 Å². The van der Waals surface area contributed by atoms with Crippen molar-refractivity contribution in [3.05, 3.63) is 75.8 Å². The monoisotopic (exact) mass is 427 g/mol. The molecule has 0 spiro atoms. The number of hydrogen-bond acceptors (Lipinski definition) is 4. The minimum absolute atomic E-state index is 0.0166. The molecule has 2 aromatic carbocycles. The standard InChI is InChI=1S/C21H12F3N3O2S/c22-21(23,24)16-8-13(10-25)1-3-15(16)11-27-6-5-14-7-12(2-4-17(14)27)9-18-19(28)26-20(29)30-18/h1-9H,11H2,(H,26,28,29)/b18-9-. The van der Waals surface area contributed by atoms with Gasteiger partial charge >= 0.3 is 6.18 Å². The average Bonchev–Trinajstić information content (AvgIpc) is 3.23. The van der Waals surface area contributed by atoms with Gasteiger partial charge in [0.1, 0.15) is 0 Å². The van der Waals surface area contributed by atoms with E-state index in [2.05, 4.69) is 5.32 Å². The molecule has 1 aliphatic rings. The molecule has 0 saturated carbocycles. The molecule has 9 heteroatoms. The Morgan fingerprint density at radius 3 is 2.60 bits per heavy atom. The molecule has 1 N–H and O–H groups in total. The van der Waals surface area contributed by atoms with Gasteiger partial charge in [-0.05, 0) is 59.3 Å². The summed E-state index contributed by atoms with van der Waals surface area (Å²) < 4.78 is 42.0. The Bertz CT molecular complexity index is 1270. The third-order valence-electron chi connectivity index (χ3n) is 4.62. The SMILES string of the molecule is N#Cc1ccc(Cn2ccc3cc(/C=C4\SC(=O)NC4=O)ccc32)c(C(F)(F)F)c1. The Kier molecular flexibility index (Phi) is 4.87. The Hall–Kier alpha value is -3.51. The van der Waals surface area contributed by atoms with Crippen molar-refractivity contribution in [3.63, 3.8) is 0 Å². The maximum atomic E-state index is 13.4. The van der Waals surface area contributed by atoms with Crippen LogP contribution in [-0.2, 0) is 17.5 Å². The number of rotatable bonds is 3. The maximum absolute atomic E-state index is 13.4. The molecule has 5 nitrogen and oxygen atoms in total. The highest BCUT2D eigenvalue weighted by Crippen LogP contribution is 2.34. The molecule has 3 aromatic rings. The molecule has 0 bridgehead atoms. The van der Waals surface area contributed by atoms with Crippen LogP contribution < -0.4 is 5.32 Å². The maximum Gasteiger partial charge on any atom is 0.416 e. The summed E-state index contributed by atoms with van der Waals surface area (Å²) >= 11 is 0.815. The van der Waals surface area contributed by atoms with Gasteiger partial charge in [0, 0.05) is 23.6 Å². The quantitative estimate of drug-likeness (QED) is 0.603. The number of imide groups is 1. The zero-order valence-corrected chi connectivity index (χ0v) is 16.0. The van der Waals surface area contributed by atoms with Crippen LogP contribution in [0.4, 0.5) is 18.0 Å². The zero-order valence-electron chi connectivity index (χ0n) is 15.2. The minimum atomic E-state index is -4.57. The molecule has 4 rings (SSSR count). The topological polar surface area (TPSA) is 74.9 Å². The summed E-state index contributed by atoms with van der Waals surface area (Å²) in [6.45, 7) is -0.0166. The van der Waals surface area contributed by atoms with Crippen molar-refractivity contribution in [2.45, 2.75) is 12.7 Å². The van der Waals surface area contributed by atoms with Crippen molar-refractivity contribution in [2.75, 3.05) is 0 Å². The van der Waals surface area contributed by atoms with Gasteiger partial charge in [-0.1, -0.05) is 12.1 Å². The molecule has 1 aromatic heterocycles. The molecule has 1 fully saturated rings. The van der Waals surface area contributed by atoms with Crippen molar-refractivity contribution < 1.29 is 22.8 Å². The van der Waals surface area contributed by atoms with Crippen LogP contribution >= 0.6 is 11.8 Å².